The van der Waals surface area contributed by atoms with Crippen LogP contribution in [0.15, 0.2) is 30.3 Å². The molecule has 1 unspecified atom stereocenters. The molecule has 1 rings (SSSR count). The lowest BCUT2D eigenvalue weighted by molar-refractivity contribution is 0.229. The molecule has 0 fully saturated rings. The fourth-order valence-corrected chi connectivity index (χ4v) is 1.63. The van der Waals surface area contributed by atoms with Gasteiger partial charge in [-0.25, -0.2) is 0 Å². The Bertz CT molecular complexity index is 261. The summed E-state index contributed by atoms with van der Waals surface area (Å²) in [6.07, 6.45) is 3.38. The molecule has 0 amide bonds. The Kier molecular flexibility index (Phi) is 6.86. The van der Waals surface area contributed by atoms with E-state index in [-0.39, 0.29) is 0 Å². The van der Waals surface area contributed by atoms with Crippen LogP contribution in [0.1, 0.15) is 25.3 Å². The van der Waals surface area contributed by atoms with Crippen molar-refractivity contribution < 1.29 is 5.11 Å². The summed E-state index contributed by atoms with van der Waals surface area (Å²) < 4.78 is 0. The molecule has 0 radical (unpaired) electrons. The molecule has 1 aromatic rings. The largest absolute Gasteiger partial charge is 0.396 e. The quantitative estimate of drug-likeness (QED) is 0.660. The van der Waals surface area contributed by atoms with Crippen LogP contribution >= 0.6 is 0 Å². The molecule has 0 bridgehead atoms. The normalized spacial score (nSPS) is 12.6. The highest BCUT2D eigenvalue weighted by molar-refractivity contribution is 5.14. The molecule has 0 aliphatic heterocycles. The molecule has 0 aliphatic rings. The number of hydrogen-bond donors (Lipinski definition) is 2. The highest BCUT2D eigenvalue weighted by atomic mass is 16.3. The van der Waals surface area contributed by atoms with E-state index in [0.29, 0.717) is 12.5 Å². The van der Waals surface area contributed by atoms with E-state index in [1.165, 1.54) is 12.0 Å². The number of rotatable bonds is 8. The van der Waals surface area contributed by atoms with Crippen LogP contribution in [0, 0.1) is 5.92 Å². The van der Waals surface area contributed by atoms with Gasteiger partial charge in [-0.3, -0.25) is 0 Å². The van der Waals surface area contributed by atoms with E-state index >= 15 is 0 Å². The second-order valence-corrected chi connectivity index (χ2v) is 4.42. The van der Waals surface area contributed by atoms with Gasteiger partial charge in [0.05, 0.1) is 0 Å². The van der Waals surface area contributed by atoms with E-state index in [2.05, 4.69) is 42.6 Å². The molecule has 0 saturated carbocycles. The minimum absolute atomic E-state index is 0.297. The summed E-state index contributed by atoms with van der Waals surface area (Å²) in [5, 5.41) is 12.3. The third-order valence-electron chi connectivity index (χ3n) is 2.79. The molecule has 1 aromatic carbocycles. The van der Waals surface area contributed by atoms with Gasteiger partial charge in [-0.2, -0.15) is 0 Å². The Morgan fingerprint density at radius 3 is 2.62 bits per heavy atom. The molecule has 1 atom stereocenters. The Morgan fingerprint density at radius 2 is 1.94 bits per heavy atom. The van der Waals surface area contributed by atoms with Crippen LogP contribution in [0.2, 0.25) is 0 Å². The predicted molar refractivity (Wildman–Crippen MR) is 68.5 cm³/mol. The molecule has 0 heterocycles. The van der Waals surface area contributed by atoms with Crippen molar-refractivity contribution in [3.8, 4) is 0 Å². The third-order valence-corrected chi connectivity index (χ3v) is 2.79. The molecule has 2 heteroatoms. The SMILES string of the molecule is CC(CO)CCNCCCc1ccccc1. The van der Waals surface area contributed by atoms with Crippen molar-refractivity contribution in [2.45, 2.75) is 26.2 Å². The fraction of sp³-hybridized carbons (Fsp3) is 0.571. The van der Waals surface area contributed by atoms with Gasteiger partial charge in [-0.05, 0) is 43.8 Å². The fourth-order valence-electron chi connectivity index (χ4n) is 1.63. The first-order valence-corrected chi connectivity index (χ1v) is 6.18. The molecule has 0 aliphatic carbocycles. The van der Waals surface area contributed by atoms with Gasteiger partial charge in [0.15, 0.2) is 0 Å². The van der Waals surface area contributed by atoms with Gasteiger partial charge in [0.2, 0.25) is 0 Å². The smallest absolute Gasteiger partial charge is 0.0457 e. The molecule has 0 aromatic heterocycles. The Morgan fingerprint density at radius 1 is 1.19 bits per heavy atom. The minimum atomic E-state index is 0.297. The second kappa shape index (κ2) is 8.31. The monoisotopic (exact) mass is 221 g/mol. The van der Waals surface area contributed by atoms with Gasteiger partial charge in [0, 0.05) is 6.61 Å². The van der Waals surface area contributed by atoms with Crippen LogP contribution in [-0.2, 0) is 6.42 Å². The van der Waals surface area contributed by atoms with Crippen LogP contribution in [0.3, 0.4) is 0 Å². The number of nitrogens with one attached hydrogen (secondary N) is 1. The topological polar surface area (TPSA) is 32.3 Å². The molecular weight excluding hydrogens is 198 g/mol. The van der Waals surface area contributed by atoms with Crippen molar-refractivity contribution in [2.75, 3.05) is 19.7 Å². The van der Waals surface area contributed by atoms with E-state index in [1.807, 2.05) is 0 Å². The number of hydrogen-bond acceptors (Lipinski definition) is 2. The van der Waals surface area contributed by atoms with E-state index in [0.717, 1.165) is 25.9 Å². The van der Waals surface area contributed by atoms with Gasteiger partial charge in [0.25, 0.3) is 0 Å². The van der Waals surface area contributed by atoms with Crippen molar-refractivity contribution in [3.05, 3.63) is 35.9 Å². The third kappa shape index (κ3) is 5.89. The van der Waals surface area contributed by atoms with E-state index < -0.39 is 0 Å². The Balaban J connectivity index is 1.96. The second-order valence-electron chi connectivity index (χ2n) is 4.42. The van der Waals surface area contributed by atoms with E-state index in [1.54, 1.807) is 0 Å². The summed E-state index contributed by atoms with van der Waals surface area (Å²) >= 11 is 0. The van der Waals surface area contributed by atoms with Crippen molar-refractivity contribution in [1.29, 1.82) is 0 Å². The maximum absolute atomic E-state index is 8.86. The van der Waals surface area contributed by atoms with E-state index in [9.17, 15) is 0 Å². The highest BCUT2D eigenvalue weighted by Crippen LogP contribution is 2.02. The maximum atomic E-state index is 8.86. The Hall–Kier alpha value is -0.860. The lowest BCUT2D eigenvalue weighted by Gasteiger charge is -2.08. The van der Waals surface area contributed by atoms with Gasteiger partial charge in [0.1, 0.15) is 0 Å². The van der Waals surface area contributed by atoms with E-state index in [4.69, 9.17) is 5.11 Å². The van der Waals surface area contributed by atoms with Crippen LogP contribution in [0.25, 0.3) is 0 Å². The van der Waals surface area contributed by atoms with Crippen molar-refractivity contribution in [1.82, 2.24) is 5.32 Å². The van der Waals surface area contributed by atoms with Crippen LogP contribution in [-0.4, -0.2) is 24.8 Å². The lowest BCUT2D eigenvalue weighted by Crippen LogP contribution is -2.20. The summed E-state index contributed by atoms with van der Waals surface area (Å²) in [7, 11) is 0. The molecule has 2 nitrogen and oxygen atoms in total. The van der Waals surface area contributed by atoms with Gasteiger partial charge < -0.3 is 10.4 Å². The molecule has 0 spiro atoms. The molecule has 0 saturated heterocycles. The molecular formula is C14H23NO. The maximum Gasteiger partial charge on any atom is 0.0457 e. The summed E-state index contributed by atoms with van der Waals surface area (Å²) in [6, 6.07) is 10.6. The zero-order chi connectivity index (χ0) is 11.6. The molecule has 2 N–H and O–H groups in total. The highest BCUT2D eigenvalue weighted by Gasteiger charge is 1.98. The predicted octanol–water partition coefficient (Wildman–Crippen LogP) is 2.23. The van der Waals surface area contributed by atoms with Crippen LogP contribution in [0.5, 0.6) is 0 Å². The number of aliphatic hydroxyl groups is 1. The number of benzene rings is 1. The van der Waals surface area contributed by atoms with Gasteiger partial charge in [-0.15, -0.1) is 0 Å². The zero-order valence-corrected chi connectivity index (χ0v) is 10.2. The van der Waals surface area contributed by atoms with Crippen molar-refractivity contribution >= 4 is 0 Å². The first-order chi connectivity index (χ1) is 7.83. The van der Waals surface area contributed by atoms with Crippen molar-refractivity contribution in [3.63, 3.8) is 0 Å². The number of aliphatic hydroxyl groups excluding tert-OH is 1. The first kappa shape index (κ1) is 13.2. The van der Waals surface area contributed by atoms with Crippen LogP contribution < -0.4 is 5.32 Å². The van der Waals surface area contributed by atoms with Crippen molar-refractivity contribution in [2.24, 2.45) is 5.92 Å². The molecule has 16 heavy (non-hydrogen) atoms. The number of aryl methyl sites for hydroxylation is 1. The van der Waals surface area contributed by atoms with Gasteiger partial charge >= 0.3 is 0 Å². The summed E-state index contributed by atoms with van der Waals surface area (Å²) in [6.45, 7) is 4.45. The van der Waals surface area contributed by atoms with Gasteiger partial charge in [-0.1, -0.05) is 37.3 Å². The summed E-state index contributed by atoms with van der Waals surface area (Å²) in [4.78, 5) is 0. The average Bonchev–Trinajstić information content (AvgIpc) is 2.34. The minimum Gasteiger partial charge on any atom is -0.396 e. The standard InChI is InChI=1S/C14H23NO/c1-13(12-16)9-11-15-10-5-8-14-6-3-2-4-7-14/h2-4,6-7,13,15-16H,5,8-12H2,1H3. The molecule has 90 valence electrons. The zero-order valence-electron chi connectivity index (χ0n) is 10.2. The van der Waals surface area contributed by atoms with Crippen LogP contribution in [0.4, 0.5) is 0 Å². The Labute approximate surface area is 98.7 Å². The summed E-state index contributed by atoms with van der Waals surface area (Å²) in [5.41, 5.74) is 1.41. The summed E-state index contributed by atoms with van der Waals surface area (Å²) in [5.74, 6) is 0.418. The lowest BCUT2D eigenvalue weighted by atomic mass is 10.1. The first-order valence-electron chi connectivity index (χ1n) is 6.18. The average molecular weight is 221 g/mol.